The third-order valence-electron chi connectivity index (χ3n) is 6.48. The van der Waals surface area contributed by atoms with E-state index in [9.17, 15) is 4.79 Å². The fourth-order valence-electron chi connectivity index (χ4n) is 4.88. The first-order chi connectivity index (χ1) is 15.7. The van der Waals surface area contributed by atoms with Crippen molar-refractivity contribution in [1.82, 2.24) is 25.2 Å². The number of hydrogen-bond donors (Lipinski definition) is 2. The van der Waals surface area contributed by atoms with Gasteiger partial charge in [0, 0.05) is 26.2 Å². The van der Waals surface area contributed by atoms with E-state index in [-0.39, 0.29) is 18.6 Å². The number of rotatable bonds is 7. The summed E-state index contributed by atoms with van der Waals surface area (Å²) in [6.07, 6.45) is 5.43. The number of likely N-dealkylation sites (tertiary alicyclic amines) is 1. The average Bonchev–Trinajstić information content (AvgIpc) is 3.44. The van der Waals surface area contributed by atoms with E-state index in [1.807, 2.05) is 4.68 Å². The Morgan fingerprint density at radius 3 is 2.94 bits per heavy atom. The molecule has 1 aromatic heterocycles. The number of aromatic nitrogens is 3. The number of piperidine rings is 1. The lowest BCUT2D eigenvalue weighted by molar-refractivity contribution is 0.0946. The number of carbonyl (C=O) groups excluding carboxylic acids is 1. The van der Waals surface area contributed by atoms with Crippen molar-refractivity contribution in [3.05, 3.63) is 71.0 Å². The minimum atomic E-state index is -0.239. The third-order valence-corrected chi connectivity index (χ3v) is 6.48. The number of aliphatic hydroxyl groups excluding tert-OH is 1. The first kappa shape index (κ1) is 20.8. The number of nitrogens with zero attached hydrogens (tertiary/aromatic N) is 4. The van der Waals surface area contributed by atoms with E-state index < -0.39 is 0 Å². The molecule has 1 amide bonds. The summed E-state index contributed by atoms with van der Waals surface area (Å²) < 4.78 is 1.84. The topological polar surface area (TPSA) is 83.3 Å². The third kappa shape index (κ3) is 4.31. The highest BCUT2D eigenvalue weighted by atomic mass is 16.3. The lowest BCUT2D eigenvalue weighted by Gasteiger charge is -2.32. The molecule has 7 nitrogen and oxygen atoms in total. The lowest BCUT2D eigenvalue weighted by Crippen LogP contribution is -2.36. The Hall–Kier alpha value is -3.03. The van der Waals surface area contributed by atoms with Crippen molar-refractivity contribution in [2.45, 2.75) is 38.3 Å². The zero-order chi connectivity index (χ0) is 21.9. The largest absolute Gasteiger partial charge is 0.396 e. The van der Waals surface area contributed by atoms with Gasteiger partial charge in [0.05, 0.1) is 12.2 Å². The lowest BCUT2D eigenvalue weighted by atomic mass is 10.0. The van der Waals surface area contributed by atoms with Gasteiger partial charge in [-0.05, 0) is 60.0 Å². The number of aliphatic hydroxyl groups is 1. The molecule has 0 radical (unpaired) electrons. The number of amides is 1. The highest BCUT2D eigenvalue weighted by molar-refractivity contribution is 5.91. The van der Waals surface area contributed by atoms with Gasteiger partial charge in [-0.2, -0.15) is 0 Å². The molecular weight excluding hydrogens is 402 g/mol. The van der Waals surface area contributed by atoms with Crippen LogP contribution in [0.4, 0.5) is 0 Å². The van der Waals surface area contributed by atoms with Gasteiger partial charge in [0.25, 0.3) is 5.91 Å². The zero-order valence-corrected chi connectivity index (χ0v) is 18.2. The molecule has 166 valence electrons. The van der Waals surface area contributed by atoms with Gasteiger partial charge in [-0.1, -0.05) is 47.7 Å². The van der Waals surface area contributed by atoms with Gasteiger partial charge in [-0.25, -0.2) is 4.68 Å². The molecule has 7 heteroatoms. The number of nitrogens with one attached hydrogen (secondary N) is 1. The van der Waals surface area contributed by atoms with Crippen molar-refractivity contribution in [1.29, 1.82) is 0 Å². The molecule has 0 bridgehead atoms. The van der Waals surface area contributed by atoms with Crippen molar-refractivity contribution in [2.75, 3.05) is 26.2 Å². The molecule has 2 heterocycles. The normalized spacial score (nSPS) is 17.7. The van der Waals surface area contributed by atoms with E-state index in [0.717, 1.165) is 38.9 Å². The summed E-state index contributed by atoms with van der Waals surface area (Å²) in [7, 11) is 0. The Labute approximate surface area is 188 Å². The number of hydrogen-bond acceptors (Lipinski definition) is 5. The summed E-state index contributed by atoms with van der Waals surface area (Å²) in [5.74, 6) is -0.239. The summed E-state index contributed by atoms with van der Waals surface area (Å²) in [4.78, 5) is 14.6. The molecule has 5 rings (SSSR count). The predicted molar refractivity (Wildman–Crippen MR) is 122 cm³/mol. The Morgan fingerprint density at radius 2 is 2.03 bits per heavy atom. The molecule has 1 aliphatic heterocycles. The van der Waals surface area contributed by atoms with Crippen LogP contribution >= 0.6 is 0 Å². The minimum absolute atomic E-state index is 0.0576. The van der Waals surface area contributed by atoms with Crippen LogP contribution in [0.15, 0.2) is 48.7 Å². The SMILES string of the molecule is O=C(NCCCO)c1cn([C@@H]2CCCN(Cc3ccc4c(c3)Cc3ccccc3-4)C2)nn1. The van der Waals surface area contributed by atoms with Crippen LogP contribution in [-0.2, 0) is 13.0 Å². The van der Waals surface area contributed by atoms with Crippen LogP contribution < -0.4 is 5.32 Å². The van der Waals surface area contributed by atoms with E-state index >= 15 is 0 Å². The van der Waals surface area contributed by atoms with E-state index in [2.05, 4.69) is 63.0 Å². The maximum Gasteiger partial charge on any atom is 0.273 e. The van der Waals surface area contributed by atoms with Gasteiger partial charge < -0.3 is 10.4 Å². The molecule has 1 fully saturated rings. The predicted octanol–water partition coefficient (Wildman–Crippen LogP) is 2.80. The Morgan fingerprint density at radius 1 is 1.16 bits per heavy atom. The maximum absolute atomic E-state index is 12.2. The van der Waals surface area contributed by atoms with Crippen LogP contribution in [0.1, 0.15) is 52.5 Å². The first-order valence-electron chi connectivity index (χ1n) is 11.4. The highest BCUT2D eigenvalue weighted by Gasteiger charge is 2.24. The first-order valence-corrected chi connectivity index (χ1v) is 11.4. The van der Waals surface area contributed by atoms with Gasteiger partial charge in [0.15, 0.2) is 5.69 Å². The molecule has 1 saturated heterocycles. The van der Waals surface area contributed by atoms with Gasteiger partial charge in [0.2, 0.25) is 0 Å². The second-order valence-electron chi connectivity index (χ2n) is 8.77. The van der Waals surface area contributed by atoms with Crippen molar-refractivity contribution < 1.29 is 9.90 Å². The molecule has 0 unspecified atom stereocenters. The number of benzene rings is 2. The molecule has 0 saturated carbocycles. The van der Waals surface area contributed by atoms with Gasteiger partial charge in [-0.3, -0.25) is 9.69 Å². The molecule has 3 aromatic rings. The smallest absolute Gasteiger partial charge is 0.273 e. The summed E-state index contributed by atoms with van der Waals surface area (Å²) in [6, 6.07) is 15.8. The molecule has 2 aromatic carbocycles. The van der Waals surface area contributed by atoms with Crippen LogP contribution in [0, 0.1) is 0 Å². The van der Waals surface area contributed by atoms with Gasteiger partial charge in [-0.15, -0.1) is 5.10 Å². The Balaban J connectivity index is 1.22. The molecule has 2 N–H and O–H groups in total. The molecule has 32 heavy (non-hydrogen) atoms. The van der Waals surface area contributed by atoms with Crippen molar-refractivity contribution in [3.8, 4) is 11.1 Å². The standard InChI is InChI=1S/C25H29N5O2/c31-12-4-10-26-25(32)24-17-30(28-27-24)21-6-3-11-29(16-21)15-18-8-9-23-20(13-18)14-19-5-1-2-7-22(19)23/h1-2,5,7-9,13,17,21,31H,3-4,6,10-12,14-16H2,(H,26,32)/t21-/m1/s1. The van der Waals surface area contributed by atoms with E-state index in [1.165, 1.54) is 27.8 Å². The van der Waals surface area contributed by atoms with Crippen molar-refractivity contribution in [2.24, 2.45) is 0 Å². The maximum atomic E-state index is 12.2. The van der Waals surface area contributed by atoms with Crippen molar-refractivity contribution >= 4 is 5.91 Å². The van der Waals surface area contributed by atoms with Crippen LogP contribution in [-0.4, -0.2) is 57.1 Å². The van der Waals surface area contributed by atoms with Crippen LogP contribution in [0.25, 0.3) is 11.1 Å². The second-order valence-corrected chi connectivity index (χ2v) is 8.77. The fraction of sp³-hybridized carbons (Fsp3) is 0.400. The number of carbonyl (C=O) groups is 1. The Bertz CT molecular complexity index is 1110. The molecular formula is C25H29N5O2. The number of fused-ring (bicyclic) bond motifs is 3. The zero-order valence-electron chi connectivity index (χ0n) is 18.2. The van der Waals surface area contributed by atoms with Crippen LogP contribution in [0.3, 0.4) is 0 Å². The average molecular weight is 432 g/mol. The summed E-state index contributed by atoms with van der Waals surface area (Å²) in [5.41, 5.74) is 7.26. The monoisotopic (exact) mass is 431 g/mol. The van der Waals surface area contributed by atoms with Crippen LogP contribution in [0.2, 0.25) is 0 Å². The molecule has 1 aliphatic carbocycles. The van der Waals surface area contributed by atoms with Crippen molar-refractivity contribution in [3.63, 3.8) is 0 Å². The van der Waals surface area contributed by atoms with E-state index in [0.29, 0.717) is 18.7 Å². The Kier molecular flexibility index (Phi) is 6.01. The van der Waals surface area contributed by atoms with E-state index in [4.69, 9.17) is 5.11 Å². The quantitative estimate of drug-likeness (QED) is 0.440. The molecule has 2 aliphatic rings. The van der Waals surface area contributed by atoms with Gasteiger partial charge >= 0.3 is 0 Å². The van der Waals surface area contributed by atoms with Gasteiger partial charge in [0.1, 0.15) is 0 Å². The summed E-state index contributed by atoms with van der Waals surface area (Å²) >= 11 is 0. The fourth-order valence-corrected chi connectivity index (χ4v) is 4.88. The second kappa shape index (κ2) is 9.22. The minimum Gasteiger partial charge on any atom is -0.396 e. The molecule has 0 spiro atoms. The van der Waals surface area contributed by atoms with Crippen LogP contribution in [0.5, 0.6) is 0 Å². The summed E-state index contributed by atoms with van der Waals surface area (Å²) in [5, 5.41) is 19.9. The molecule has 1 atom stereocenters. The van der Waals surface area contributed by atoms with E-state index in [1.54, 1.807) is 6.20 Å². The highest BCUT2D eigenvalue weighted by Crippen LogP contribution is 2.37. The summed E-state index contributed by atoms with van der Waals surface area (Å²) in [6.45, 7) is 3.37.